The molecule has 0 aliphatic rings. The van der Waals surface area contributed by atoms with Crippen molar-refractivity contribution in [2.45, 2.75) is 13.5 Å². The Hall–Kier alpha value is -4.21. The van der Waals surface area contributed by atoms with Gasteiger partial charge in [0.1, 0.15) is 11.3 Å². The van der Waals surface area contributed by atoms with Crippen molar-refractivity contribution < 1.29 is 9.50 Å². The highest BCUT2D eigenvalue weighted by Gasteiger charge is 2.18. The third-order valence-electron chi connectivity index (χ3n) is 4.93. The number of aromatic nitrogens is 8. The highest BCUT2D eigenvalue weighted by molar-refractivity contribution is 5.81. The number of hydrogen-bond acceptors (Lipinski definition) is 7. The van der Waals surface area contributed by atoms with E-state index in [9.17, 15) is 9.50 Å². The first-order valence-electron chi connectivity index (χ1n) is 9.12. The molecule has 2 N–H and O–H groups in total. The molecule has 0 bridgehead atoms. The molecule has 9 nitrogen and oxygen atoms in total. The number of tetrazole rings is 1. The smallest absolute Gasteiger partial charge is 0.261 e. The maximum atomic E-state index is 13.9. The van der Waals surface area contributed by atoms with Gasteiger partial charge in [0.2, 0.25) is 0 Å². The number of aryl methyl sites for hydroxylation is 1. The fraction of sp³-hybridized carbons (Fsp3) is 0.100. The quantitative estimate of drug-likeness (QED) is 0.474. The lowest BCUT2D eigenvalue weighted by Crippen LogP contribution is -2.03. The molecule has 0 unspecified atom stereocenters. The molecule has 3 heterocycles. The largest absolute Gasteiger partial charge is 0.491 e. The Morgan fingerprint density at radius 3 is 2.50 bits per heavy atom. The fourth-order valence-electron chi connectivity index (χ4n) is 3.50. The molecule has 10 heteroatoms. The first kappa shape index (κ1) is 17.9. The summed E-state index contributed by atoms with van der Waals surface area (Å²) in [5.74, 6) is -0.00763. The van der Waals surface area contributed by atoms with Gasteiger partial charge in [0.15, 0.2) is 11.3 Å². The first-order valence-corrected chi connectivity index (χ1v) is 9.12. The highest BCUT2D eigenvalue weighted by atomic mass is 19.1. The van der Waals surface area contributed by atoms with Crippen molar-refractivity contribution in [3.8, 4) is 28.4 Å². The zero-order valence-corrected chi connectivity index (χ0v) is 15.8. The molecular weight excluding hydrogens is 387 g/mol. The summed E-state index contributed by atoms with van der Waals surface area (Å²) in [5.41, 5.74) is 4.07. The number of fused-ring (bicyclic) bond motifs is 1. The van der Waals surface area contributed by atoms with Gasteiger partial charge >= 0.3 is 0 Å². The van der Waals surface area contributed by atoms with Crippen LogP contribution in [-0.4, -0.2) is 45.5 Å². The number of hydrogen-bond donors (Lipinski definition) is 2. The van der Waals surface area contributed by atoms with E-state index in [0.717, 1.165) is 22.3 Å². The zero-order chi connectivity index (χ0) is 20.7. The second-order valence-corrected chi connectivity index (χ2v) is 6.75. The van der Waals surface area contributed by atoms with Crippen LogP contribution in [0.1, 0.15) is 11.4 Å². The number of nitrogens with zero attached hydrogens (tertiary/aromatic N) is 7. The average molecular weight is 402 g/mol. The summed E-state index contributed by atoms with van der Waals surface area (Å²) in [7, 11) is 0. The summed E-state index contributed by atoms with van der Waals surface area (Å²) >= 11 is 0. The maximum absolute atomic E-state index is 13.9. The number of benzene rings is 2. The Morgan fingerprint density at radius 1 is 1.00 bits per heavy atom. The Labute approximate surface area is 169 Å². The van der Waals surface area contributed by atoms with Crippen molar-refractivity contribution in [2.75, 3.05) is 0 Å². The normalized spacial score (nSPS) is 11.3. The van der Waals surface area contributed by atoms with Gasteiger partial charge in [-0.15, -0.1) is 15.3 Å². The lowest BCUT2D eigenvalue weighted by molar-refractivity contribution is 0.439. The summed E-state index contributed by atoms with van der Waals surface area (Å²) in [6.45, 7) is 2.14. The van der Waals surface area contributed by atoms with Crippen LogP contribution in [0.5, 0.6) is 5.88 Å². The molecule has 148 valence electrons. The minimum Gasteiger partial charge on any atom is -0.491 e. The predicted molar refractivity (Wildman–Crippen MR) is 106 cm³/mol. The molecule has 0 aliphatic heterocycles. The summed E-state index contributed by atoms with van der Waals surface area (Å²) in [5, 5.41) is 30.9. The van der Waals surface area contributed by atoms with Crippen LogP contribution in [0.3, 0.4) is 0 Å². The van der Waals surface area contributed by atoms with Crippen LogP contribution < -0.4 is 0 Å². The molecule has 3 aromatic heterocycles. The molecule has 30 heavy (non-hydrogen) atoms. The summed E-state index contributed by atoms with van der Waals surface area (Å²) in [4.78, 5) is 4.18. The first-order chi connectivity index (χ1) is 14.6. The van der Waals surface area contributed by atoms with Crippen LogP contribution in [0.2, 0.25) is 0 Å². The van der Waals surface area contributed by atoms with Gasteiger partial charge in [0.25, 0.3) is 11.8 Å². The molecule has 0 atom stereocenters. The van der Waals surface area contributed by atoms with Gasteiger partial charge in [0.05, 0.1) is 0 Å². The third-order valence-corrected chi connectivity index (χ3v) is 4.93. The number of aromatic hydroxyl groups is 1. The number of aromatic amines is 1. The van der Waals surface area contributed by atoms with Crippen molar-refractivity contribution in [3.05, 3.63) is 65.9 Å². The maximum Gasteiger partial charge on any atom is 0.261 e. The molecule has 5 rings (SSSR count). The highest BCUT2D eigenvalue weighted by Crippen LogP contribution is 2.30. The van der Waals surface area contributed by atoms with E-state index in [0.29, 0.717) is 18.2 Å². The van der Waals surface area contributed by atoms with Gasteiger partial charge in [0, 0.05) is 12.1 Å². The standard InChI is InChI=1S/C20H15FN8O/c1-11-22-16-17(20(30)26-23-18(16)21)29(11)10-12-6-8-13(9-7-12)14-4-2-3-5-15(14)19-24-27-28-25-19/h2-9H,10H2,1H3,(H,26,30)(H,24,25,27,28). The molecule has 0 amide bonds. The van der Waals surface area contributed by atoms with Crippen molar-refractivity contribution in [1.82, 2.24) is 40.4 Å². The molecule has 0 radical (unpaired) electrons. The van der Waals surface area contributed by atoms with E-state index in [-0.39, 0.29) is 16.9 Å². The van der Waals surface area contributed by atoms with E-state index >= 15 is 0 Å². The lowest BCUT2D eigenvalue weighted by atomic mass is 9.98. The number of rotatable bonds is 4. The van der Waals surface area contributed by atoms with Crippen molar-refractivity contribution in [2.24, 2.45) is 0 Å². The van der Waals surface area contributed by atoms with Crippen LogP contribution >= 0.6 is 0 Å². The van der Waals surface area contributed by atoms with Crippen LogP contribution in [0.4, 0.5) is 4.39 Å². The molecule has 0 saturated carbocycles. The number of H-pyrrole nitrogens is 1. The molecule has 0 saturated heterocycles. The molecule has 0 spiro atoms. The van der Waals surface area contributed by atoms with Crippen molar-refractivity contribution in [1.29, 1.82) is 0 Å². The van der Waals surface area contributed by atoms with Crippen LogP contribution in [-0.2, 0) is 6.54 Å². The van der Waals surface area contributed by atoms with Gasteiger partial charge in [-0.2, -0.15) is 4.39 Å². The van der Waals surface area contributed by atoms with Gasteiger partial charge < -0.3 is 9.67 Å². The van der Waals surface area contributed by atoms with Gasteiger partial charge in [-0.3, -0.25) is 0 Å². The molecule has 2 aromatic carbocycles. The SMILES string of the molecule is Cc1nc2c(F)nnc(O)c2n1Cc1ccc(-c2ccccc2-c2nnn[nH]2)cc1. The lowest BCUT2D eigenvalue weighted by Gasteiger charge is -2.10. The second kappa shape index (κ2) is 6.99. The van der Waals surface area contributed by atoms with E-state index in [1.165, 1.54) is 0 Å². The summed E-state index contributed by atoms with van der Waals surface area (Å²) in [6.07, 6.45) is 0. The van der Waals surface area contributed by atoms with Gasteiger partial charge in [-0.1, -0.05) is 48.5 Å². The minimum atomic E-state index is -0.807. The molecular formula is C20H15FN8O. The Balaban J connectivity index is 1.50. The summed E-state index contributed by atoms with van der Waals surface area (Å²) in [6, 6.07) is 15.8. The Morgan fingerprint density at radius 2 is 1.77 bits per heavy atom. The minimum absolute atomic E-state index is 0.00575. The monoisotopic (exact) mass is 402 g/mol. The van der Waals surface area contributed by atoms with E-state index in [1.807, 2.05) is 48.5 Å². The van der Waals surface area contributed by atoms with E-state index < -0.39 is 5.95 Å². The fourth-order valence-corrected chi connectivity index (χ4v) is 3.50. The van der Waals surface area contributed by atoms with Crippen LogP contribution in [0.25, 0.3) is 33.5 Å². The average Bonchev–Trinajstić information content (AvgIpc) is 3.41. The molecule has 5 aromatic rings. The summed E-state index contributed by atoms with van der Waals surface area (Å²) < 4.78 is 15.6. The van der Waals surface area contributed by atoms with Crippen LogP contribution in [0.15, 0.2) is 48.5 Å². The van der Waals surface area contributed by atoms with Crippen molar-refractivity contribution >= 4 is 11.0 Å². The van der Waals surface area contributed by atoms with Crippen LogP contribution in [0, 0.1) is 12.9 Å². The van der Waals surface area contributed by atoms with Gasteiger partial charge in [-0.25, -0.2) is 10.1 Å². The number of halogens is 1. The van der Waals surface area contributed by atoms with E-state index in [2.05, 4.69) is 35.8 Å². The molecule has 0 aliphatic carbocycles. The second-order valence-electron chi connectivity index (χ2n) is 6.75. The predicted octanol–water partition coefficient (Wildman–Crippen LogP) is 2.87. The van der Waals surface area contributed by atoms with E-state index in [4.69, 9.17) is 0 Å². The Kier molecular flexibility index (Phi) is 4.16. The Bertz CT molecular complexity index is 1350. The molecule has 0 fully saturated rings. The zero-order valence-electron chi connectivity index (χ0n) is 15.8. The van der Waals surface area contributed by atoms with E-state index in [1.54, 1.807) is 11.5 Å². The number of imidazole rings is 1. The topological polar surface area (TPSA) is 118 Å². The van der Waals surface area contributed by atoms with Gasteiger partial charge in [-0.05, 0) is 34.0 Å². The third kappa shape index (κ3) is 2.94. The number of nitrogens with one attached hydrogen (secondary N) is 1. The van der Waals surface area contributed by atoms with Crippen molar-refractivity contribution in [3.63, 3.8) is 0 Å².